The molecule has 0 saturated heterocycles. The number of aromatic nitrogens is 1. The van der Waals surface area contributed by atoms with E-state index in [0.29, 0.717) is 10.3 Å². The van der Waals surface area contributed by atoms with Crippen molar-refractivity contribution in [3.63, 3.8) is 0 Å². The standard InChI is InChI=1S/C14H14BrN3O2/c1-9-4-5-12(10(2)6-9)17(3)14-13(18(19)20)7-11(15)8-16-14/h4-8H,1-3H3. The number of anilines is 2. The minimum atomic E-state index is -0.423. The van der Waals surface area contributed by atoms with Crippen molar-refractivity contribution in [2.45, 2.75) is 13.8 Å². The molecule has 1 aromatic heterocycles. The zero-order valence-electron chi connectivity index (χ0n) is 11.4. The van der Waals surface area contributed by atoms with Gasteiger partial charge in [-0.25, -0.2) is 4.98 Å². The number of aryl methyl sites for hydroxylation is 2. The summed E-state index contributed by atoms with van der Waals surface area (Å²) < 4.78 is 0.585. The highest BCUT2D eigenvalue weighted by atomic mass is 79.9. The molecule has 6 heteroatoms. The molecule has 1 heterocycles. The van der Waals surface area contributed by atoms with Gasteiger partial charge in [0.15, 0.2) is 0 Å². The third-order valence-corrected chi connectivity index (χ3v) is 3.48. The smallest absolute Gasteiger partial charge is 0.313 e. The number of nitrogens with zero attached hydrogens (tertiary/aromatic N) is 3. The predicted octanol–water partition coefficient (Wildman–Crippen LogP) is 4.14. The Morgan fingerprint density at radius 3 is 2.60 bits per heavy atom. The summed E-state index contributed by atoms with van der Waals surface area (Å²) in [5.74, 6) is 0.324. The Labute approximate surface area is 125 Å². The molecule has 0 saturated carbocycles. The SMILES string of the molecule is Cc1ccc(N(C)c2ncc(Br)cc2[N+](=O)[O-])c(C)c1. The Bertz CT molecular complexity index is 673. The van der Waals surface area contributed by atoms with Gasteiger partial charge >= 0.3 is 5.69 Å². The van der Waals surface area contributed by atoms with E-state index in [4.69, 9.17) is 0 Å². The van der Waals surface area contributed by atoms with Crippen molar-refractivity contribution in [2.24, 2.45) is 0 Å². The van der Waals surface area contributed by atoms with Gasteiger partial charge in [0.05, 0.1) is 4.92 Å². The fourth-order valence-corrected chi connectivity index (χ4v) is 2.43. The van der Waals surface area contributed by atoms with Crippen molar-refractivity contribution in [3.8, 4) is 0 Å². The van der Waals surface area contributed by atoms with Gasteiger partial charge in [0.2, 0.25) is 5.82 Å². The van der Waals surface area contributed by atoms with Crippen molar-refractivity contribution >= 4 is 33.1 Å². The highest BCUT2D eigenvalue weighted by Crippen LogP contribution is 2.33. The summed E-state index contributed by atoms with van der Waals surface area (Å²) in [6.45, 7) is 3.99. The van der Waals surface area contributed by atoms with Crippen molar-refractivity contribution in [2.75, 3.05) is 11.9 Å². The molecule has 2 rings (SSSR count). The first-order valence-electron chi connectivity index (χ1n) is 6.01. The fraction of sp³-hybridized carbons (Fsp3) is 0.214. The molecule has 0 unspecified atom stereocenters. The topological polar surface area (TPSA) is 59.3 Å². The number of nitro groups is 1. The van der Waals surface area contributed by atoms with Gasteiger partial charge in [-0.05, 0) is 41.4 Å². The molecule has 0 N–H and O–H groups in total. The van der Waals surface area contributed by atoms with E-state index < -0.39 is 4.92 Å². The van der Waals surface area contributed by atoms with E-state index in [9.17, 15) is 10.1 Å². The van der Waals surface area contributed by atoms with Crippen LogP contribution in [0.3, 0.4) is 0 Å². The van der Waals surface area contributed by atoms with Crippen molar-refractivity contribution in [1.29, 1.82) is 0 Å². The Balaban J connectivity index is 2.53. The molecule has 0 aliphatic carbocycles. The van der Waals surface area contributed by atoms with Crippen LogP contribution in [-0.4, -0.2) is 17.0 Å². The van der Waals surface area contributed by atoms with Crippen LogP contribution in [0.2, 0.25) is 0 Å². The highest BCUT2D eigenvalue weighted by Gasteiger charge is 2.21. The van der Waals surface area contributed by atoms with Crippen LogP contribution in [0.5, 0.6) is 0 Å². The second-order valence-corrected chi connectivity index (χ2v) is 5.52. The van der Waals surface area contributed by atoms with Gasteiger partial charge in [-0.3, -0.25) is 10.1 Å². The average Bonchev–Trinajstić information content (AvgIpc) is 2.37. The lowest BCUT2D eigenvalue weighted by atomic mass is 10.1. The van der Waals surface area contributed by atoms with E-state index >= 15 is 0 Å². The summed E-state index contributed by atoms with van der Waals surface area (Å²) in [4.78, 5) is 16.7. The van der Waals surface area contributed by atoms with Gasteiger partial charge in [-0.15, -0.1) is 0 Å². The maximum Gasteiger partial charge on any atom is 0.313 e. The number of halogens is 1. The van der Waals surface area contributed by atoms with E-state index in [1.807, 2.05) is 32.0 Å². The summed E-state index contributed by atoms with van der Waals surface area (Å²) in [5, 5.41) is 11.2. The van der Waals surface area contributed by atoms with Crippen LogP contribution in [-0.2, 0) is 0 Å². The van der Waals surface area contributed by atoms with Crippen LogP contribution < -0.4 is 4.90 Å². The van der Waals surface area contributed by atoms with Crippen LogP contribution in [0.15, 0.2) is 34.9 Å². The summed E-state index contributed by atoms with van der Waals surface area (Å²) >= 11 is 3.21. The van der Waals surface area contributed by atoms with Crippen LogP contribution >= 0.6 is 15.9 Å². The molecule has 5 nitrogen and oxygen atoms in total. The minimum Gasteiger partial charge on any atom is -0.323 e. The van der Waals surface area contributed by atoms with Crippen molar-refractivity contribution < 1.29 is 4.92 Å². The van der Waals surface area contributed by atoms with Gasteiger partial charge < -0.3 is 4.90 Å². The molecule has 1 aromatic carbocycles. The summed E-state index contributed by atoms with van der Waals surface area (Å²) in [6, 6.07) is 7.42. The number of pyridine rings is 1. The molecule has 104 valence electrons. The monoisotopic (exact) mass is 335 g/mol. The minimum absolute atomic E-state index is 0.0261. The maximum absolute atomic E-state index is 11.2. The summed E-state index contributed by atoms with van der Waals surface area (Å²) in [6.07, 6.45) is 1.56. The third-order valence-electron chi connectivity index (χ3n) is 3.04. The Hall–Kier alpha value is -1.95. The predicted molar refractivity (Wildman–Crippen MR) is 82.6 cm³/mol. The lowest BCUT2D eigenvalue weighted by Gasteiger charge is -2.20. The van der Waals surface area contributed by atoms with Gasteiger partial charge in [0.25, 0.3) is 0 Å². The van der Waals surface area contributed by atoms with E-state index in [1.54, 1.807) is 18.1 Å². The van der Waals surface area contributed by atoms with Crippen LogP contribution in [0.1, 0.15) is 11.1 Å². The molecule has 0 aliphatic rings. The molecule has 0 bridgehead atoms. The third kappa shape index (κ3) is 2.80. The van der Waals surface area contributed by atoms with Gasteiger partial charge in [-0.1, -0.05) is 17.7 Å². The maximum atomic E-state index is 11.2. The summed E-state index contributed by atoms with van der Waals surface area (Å²) in [5.41, 5.74) is 3.07. The van der Waals surface area contributed by atoms with E-state index in [-0.39, 0.29) is 5.69 Å². The number of hydrogen-bond donors (Lipinski definition) is 0. The van der Waals surface area contributed by atoms with Gasteiger partial charge in [0, 0.05) is 29.5 Å². The number of hydrogen-bond acceptors (Lipinski definition) is 4. The molecule has 0 fully saturated rings. The number of rotatable bonds is 3. The van der Waals surface area contributed by atoms with Gasteiger partial charge in [-0.2, -0.15) is 0 Å². The van der Waals surface area contributed by atoms with E-state index in [2.05, 4.69) is 20.9 Å². The molecule has 0 radical (unpaired) electrons. The molecule has 0 aliphatic heterocycles. The fourth-order valence-electron chi connectivity index (χ4n) is 2.11. The second-order valence-electron chi connectivity index (χ2n) is 4.60. The lowest BCUT2D eigenvalue weighted by Crippen LogP contribution is -2.14. The Morgan fingerprint density at radius 2 is 2.00 bits per heavy atom. The molecule has 0 spiro atoms. The first-order chi connectivity index (χ1) is 9.40. The first-order valence-corrected chi connectivity index (χ1v) is 6.80. The zero-order chi connectivity index (χ0) is 14.9. The quantitative estimate of drug-likeness (QED) is 0.624. The molecular formula is C14H14BrN3O2. The van der Waals surface area contributed by atoms with Crippen molar-refractivity contribution in [1.82, 2.24) is 4.98 Å². The van der Waals surface area contributed by atoms with Crippen LogP contribution in [0, 0.1) is 24.0 Å². The normalized spacial score (nSPS) is 10.4. The molecule has 0 atom stereocenters. The molecule has 20 heavy (non-hydrogen) atoms. The van der Waals surface area contributed by atoms with Crippen LogP contribution in [0.25, 0.3) is 0 Å². The van der Waals surface area contributed by atoms with E-state index in [1.165, 1.54) is 6.07 Å². The number of benzene rings is 1. The van der Waals surface area contributed by atoms with E-state index in [0.717, 1.165) is 16.8 Å². The second kappa shape index (κ2) is 5.58. The molecular weight excluding hydrogens is 322 g/mol. The first kappa shape index (κ1) is 14.5. The lowest BCUT2D eigenvalue weighted by molar-refractivity contribution is -0.384. The zero-order valence-corrected chi connectivity index (χ0v) is 13.0. The van der Waals surface area contributed by atoms with Gasteiger partial charge in [0.1, 0.15) is 0 Å². The van der Waals surface area contributed by atoms with Crippen LogP contribution in [0.4, 0.5) is 17.2 Å². The van der Waals surface area contributed by atoms with Crippen molar-refractivity contribution in [3.05, 3.63) is 56.2 Å². The largest absolute Gasteiger partial charge is 0.323 e. The Kier molecular flexibility index (Phi) is 4.04. The molecule has 0 amide bonds. The highest BCUT2D eigenvalue weighted by molar-refractivity contribution is 9.10. The Morgan fingerprint density at radius 1 is 1.30 bits per heavy atom. The molecule has 2 aromatic rings. The average molecular weight is 336 g/mol. The summed E-state index contributed by atoms with van der Waals surface area (Å²) in [7, 11) is 1.78.